The van der Waals surface area contributed by atoms with Gasteiger partial charge in [0.05, 0.1) is 24.4 Å². The molecule has 196 valence electrons. The van der Waals surface area contributed by atoms with Crippen LogP contribution >= 0.6 is 0 Å². The molecule has 7 rings (SSSR count). The molecule has 0 spiro atoms. The maximum Gasteiger partial charge on any atom is 0.252 e. The van der Waals surface area contributed by atoms with Crippen LogP contribution in [0.2, 0.25) is 0 Å². The molecule has 8 nitrogen and oxygen atoms in total. The summed E-state index contributed by atoms with van der Waals surface area (Å²) in [7, 11) is 0. The fourth-order valence-corrected chi connectivity index (χ4v) is 5.52. The molecule has 38 heavy (non-hydrogen) atoms. The van der Waals surface area contributed by atoms with E-state index in [1.165, 1.54) is 6.20 Å². The predicted molar refractivity (Wildman–Crippen MR) is 140 cm³/mol. The van der Waals surface area contributed by atoms with Crippen LogP contribution in [0.1, 0.15) is 52.4 Å². The predicted octanol–water partition coefficient (Wildman–Crippen LogP) is 4.29. The lowest BCUT2D eigenvalue weighted by molar-refractivity contribution is -0.140. The molecule has 1 saturated heterocycles. The Hall–Kier alpha value is -3.91. The highest BCUT2D eigenvalue weighted by atomic mass is 16.5. The van der Waals surface area contributed by atoms with Gasteiger partial charge in [0.1, 0.15) is 17.2 Å². The summed E-state index contributed by atoms with van der Waals surface area (Å²) in [4.78, 5) is 32.6. The van der Waals surface area contributed by atoms with Gasteiger partial charge in [0, 0.05) is 38.4 Å². The van der Waals surface area contributed by atoms with E-state index < -0.39 is 0 Å². The number of nitrogens with one attached hydrogen (secondary N) is 1. The lowest BCUT2D eigenvalue weighted by atomic mass is 9.86. The van der Waals surface area contributed by atoms with Crippen LogP contribution in [0.3, 0.4) is 0 Å². The molecule has 4 aliphatic heterocycles. The van der Waals surface area contributed by atoms with Gasteiger partial charge in [-0.05, 0) is 72.7 Å². The van der Waals surface area contributed by atoms with Crippen LogP contribution in [0.15, 0.2) is 60.9 Å². The van der Waals surface area contributed by atoms with Crippen LogP contribution in [0, 0.1) is 5.92 Å². The topological polar surface area (TPSA) is 90.0 Å². The Morgan fingerprint density at radius 1 is 0.974 bits per heavy atom. The van der Waals surface area contributed by atoms with Gasteiger partial charge < -0.3 is 24.4 Å². The summed E-state index contributed by atoms with van der Waals surface area (Å²) in [6, 6.07) is 15.5. The minimum Gasteiger partial charge on any atom is -0.494 e. The number of rotatable bonds is 1. The van der Waals surface area contributed by atoms with E-state index >= 15 is 0 Å². The third-order valence-electron chi connectivity index (χ3n) is 7.46. The van der Waals surface area contributed by atoms with Gasteiger partial charge in [0.2, 0.25) is 5.91 Å². The Labute approximate surface area is 221 Å². The van der Waals surface area contributed by atoms with Crippen molar-refractivity contribution in [2.24, 2.45) is 5.92 Å². The van der Waals surface area contributed by atoms with E-state index in [2.05, 4.69) is 22.4 Å². The van der Waals surface area contributed by atoms with Gasteiger partial charge >= 0.3 is 0 Å². The van der Waals surface area contributed by atoms with E-state index in [-0.39, 0.29) is 23.8 Å². The third-order valence-corrected chi connectivity index (χ3v) is 7.46. The van der Waals surface area contributed by atoms with Crippen LogP contribution in [-0.2, 0) is 16.0 Å². The lowest BCUT2D eigenvalue weighted by Gasteiger charge is -2.40. The molecular formula is C30H31N3O5. The second kappa shape index (κ2) is 10.8. The summed E-state index contributed by atoms with van der Waals surface area (Å²) in [6.45, 7) is 2.82. The van der Waals surface area contributed by atoms with Crippen molar-refractivity contribution in [3.05, 3.63) is 83.2 Å². The van der Waals surface area contributed by atoms with Crippen molar-refractivity contribution in [2.45, 2.75) is 31.7 Å². The second-order valence-corrected chi connectivity index (χ2v) is 9.97. The Balaban J connectivity index is 1.40. The molecule has 1 aromatic heterocycles. The summed E-state index contributed by atoms with van der Waals surface area (Å²) in [5.74, 6) is 1.89. The summed E-state index contributed by atoms with van der Waals surface area (Å²) in [5, 5.41) is 2.91. The molecular weight excluding hydrogens is 482 g/mol. The van der Waals surface area contributed by atoms with Gasteiger partial charge in [0.15, 0.2) is 0 Å². The number of ether oxygens (including phenoxy) is 3. The second-order valence-electron chi connectivity index (χ2n) is 9.97. The largest absolute Gasteiger partial charge is 0.494 e. The summed E-state index contributed by atoms with van der Waals surface area (Å²) < 4.78 is 17.7. The third kappa shape index (κ3) is 5.09. The molecule has 2 aromatic carbocycles. The van der Waals surface area contributed by atoms with Crippen molar-refractivity contribution < 1.29 is 23.8 Å². The lowest BCUT2D eigenvalue weighted by Crippen LogP contribution is -2.44. The first-order valence-corrected chi connectivity index (χ1v) is 13.3. The van der Waals surface area contributed by atoms with E-state index in [4.69, 9.17) is 14.2 Å². The maximum atomic E-state index is 13.8. The molecule has 1 unspecified atom stereocenters. The van der Waals surface area contributed by atoms with E-state index in [1.54, 1.807) is 12.3 Å². The molecule has 2 amide bonds. The zero-order chi connectivity index (χ0) is 25.9. The number of benzene rings is 2. The van der Waals surface area contributed by atoms with Gasteiger partial charge in [-0.15, -0.1) is 0 Å². The molecule has 1 fully saturated rings. The van der Waals surface area contributed by atoms with E-state index in [0.29, 0.717) is 56.4 Å². The molecule has 1 N–H and O–H groups in total. The van der Waals surface area contributed by atoms with Crippen LogP contribution in [0.5, 0.6) is 17.2 Å². The Kier molecular flexibility index (Phi) is 6.96. The molecule has 0 aliphatic carbocycles. The van der Waals surface area contributed by atoms with Crippen LogP contribution in [0.25, 0.3) is 0 Å². The molecule has 1 atom stereocenters. The first-order valence-electron chi connectivity index (χ1n) is 13.3. The molecule has 0 saturated carbocycles. The van der Waals surface area contributed by atoms with Crippen molar-refractivity contribution in [3.8, 4) is 17.2 Å². The Morgan fingerprint density at radius 2 is 1.87 bits per heavy atom. The van der Waals surface area contributed by atoms with Gasteiger partial charge in [-0.25, -0.2) is 0 Å². The standard InChI is InChI=1S/C30H31N3O5/c34-29-23-17-26(19-31-18-23)38-25-5-6-27-21(15-25)7-11-33(30(35)20-8-13-36-14-9-20)28(27)22-3-1-4-24(16-22)37-12-2-10-32-29/h1,3-6,15-20,28H,2,7-14H2,(H,32,34). The minimum atomic E-state index is -0.213. The maximum absolute atomic E-state index is 13.8. The monoisotopic (exact) mass is 513 g/mol. The van der Waals surface area contributed by atoms with Crippen molar-refractivity contribution in [1.29, 1.82) is 0 Å². The Morgan fingerprint density at radius 3 is 2.76 bits per heavy atom. The summed E-state index contributed by atoms with van der Waals surface area (Å²) in [5.41, 5.74) is 3.69. The van der Waals surface area contributed by atoms with E-state index in [0.717, 1.165) is 41.7 Å². The first-order chi connectivity index (χ1) is 18.7. The molecule has 3 aromatic rings. The average molecular weight is 514 g/mol. The highest BCUT2D eigenvalue weighted by Gasteiger charge is 2.36. The van der Waals surface area contributed by atoms with Crippen molar-refractivity contribution in [1.82, 2.24) is 15.2 Å². The molecule has 4 aliphatic rings. The van der Waals surface area contributed by atoms with E-state index in [1.807, 2.05) is 35.2 Å². The zero-order valence-electron chi connectivity index (χ0n) is 21.2. The van der Waals surface area contributed by atoms with Gasteiger partial charge in [-0.1, -0.05) is 18.2 Å². The SMILES string of the molecule is O=C1NCCCOc2cccc(c2)C2c3ccc(cc3CCN2C(=O)C2CCOCC2)Oc2cncc1c2. The van der Waals surface area contributed by atoms with Crippen molar-refractivity contribution in [2.75, 3.05) is 32.9 Å². The number of aromatic nitrogens is 1. The summed E-state index contributed by atoms with van der Waals surface area (Å²) >= 11 is 0. The van der Waals surface area contributed by atoms with Gasteiger partial charge in [0.25, 0.3) is 5.91 Å². The summed E-state index contributed by atoms with van der Waals surface area (Å²) in [6.07, 6.45) is 6.04. The number of nitrogens with zero attached hydrogens (tertiary/aromatic N) is 2. The number of carbonyl (C=O) groups excluding carboxylic acids is 2. The van der Waals surface area contributed by atoms with E-state index in [9.17, 15) is 9.59 Å². The molecule has 5 heterocycles. The van der Waals surface area contributed by atoms with Crippen molar-refractivity contribution in [3.63, 3.8) is 0 Å². The Bertz CT molecular complexity index is 1340. The number of hydrogen-bond donors (Lipinski definition) is 1. The van der Waals surface area contributed by atoms with Crippen LogP contribution in [-0.4, -0.2) is 54.6 Å². The van der Waals surface area contributed by atoms with Gasteiger partial charge in [-0.2, -0.15) is 0 Å². The number of pyridine rings is 1. The molecule has 8 heteroatoms. The fraction of sp³-hybridized carbons (Fsp3) is 0.367. The van der Waals surface area contributed by atoms with Crippen LogP contribution in [0.4, 0.5) is 0 Å². The number of fused-ring (bicyclic) bond motifs is 6. The number of hydrogen-bond acceptors (Lipinski definition) is 6. The smallest absolute Gasteiger partial charge is 0.252 e. The molecule has 8 bridgehead atoms. The van der Waals surface area contributed by atoms with Crippen LogP contribution < -0.4 is 14.8 Å². The highest BCUT2D eigenvalue weighted by molar-refractivity contribution is 5.94. The van der Waals surface area contributed by atoms with Gasteiger partial charge in [-0.3, -0.25) is 14.6 Å². The zero-order valence-corrected chi connectivity index (χ0v) is 21.2. The quantitative estimate of drug-likeness (QED) is 0.522. The highest BCUT2D eigenvalue weighted by Crippen LogP contribution is 2.40. The number of carbonyl (C=O) groups is 2. The molecule has 0 radical (unpaired) electrons. The normalized spacial score (nSPS) is 19.9. The van der Waals surface area contributed by atoms with Crippen molar-refractivity contribution >= 4 is 11.8 Å². The fourth-order valence-electron chi connectivity index (χ4n) is 5.52. The minimum absolute atomic E-state index is 0.0182. The first kappa shape index (κ1) is 24.4. The average Bonchev–Trinajstić information content (AvgIpc) is 2.96. The number of amides is 2.